The normalized spacial score (nSPS) is 29.9. The fourth-order valence-electron chi connectivity index (χ4n) is 2.66. The molecule has 2 fully saturated rings. The van der Waals surface area contributed by atoms with Crippen LogP contribution < -0.4 is 4.90 Å². The van der Waals surface area contributed by atoms with Gasteiger partial charge in [0.25, 0.3) is 0 Å². The molecule has 1 aliphatic heterocycles. The lowest BCUT2D eigenvalue weighted by Crippen LogP contribution is -2.30. The van der Waals surface area contributed by atoms with Crippen molar-refractivity contribution in [3.63, 3.8) is 0 Å². The van der Waals surface area contributed by atoms with Gasteiger partial charge in [-0.15, -0.1) is 0 Å². The molecule has 2 heterocycles. The van der Waals surface area contributed by atoms with E-state index >= 15 is 0 Å². The Kier molecular flexibility index (Phi) is 1.81. The number of rotatable bonds is 1. The molecule has 1 saturated heterocycles. The topological polar surface area (TPSA) is 59.2 Å². The van der Waals surface area contributed by atoms with Crippen molar-refractivity contribution in [3.05, 3.63) is 5.82 Å². The van der Waals surface area contributed by atoms with Gasteiger partial charge >= 0.3 is 6.01 Å². The third-order valence-corrected chi connectivity index (χ3v) is 3.24. The van der Waals surface area contributed by atoms with Gasteiger partial charge in [0.15, 0.2) is 5.82 Å². The summed E-state index contributed by atoms with van der Waals surface area (Å²) in [4.78, 5) is 17.7. The first-order valence-corrected chi connectivity index (χ1v) is 5.31. The first-order valence-electron chi connectivity index (χ1n) is 5.31. The predicted molar refractivity (Wildman–Crippen MR) is 52.5 cm³/mol. The minimum Gasteiger partial charge on any atom is -0.321 e. The summed E-state index contributed by atoms with van der Waals surface area (Å²) in [6, 6.07) is 0.866. The second-order valence-electron chi connectivity index (χ2n) is 4.48. The smallest absolute Gasteiger partial charge is 0.321 e. The van der Waals surface area contributed by atoms with E-state index in [0.717, 1.165) is 19.4 Å². The molecule has 2 bridgehead atoms. The number of fused-ring (bicyclic) bond motifs is 2. The van der Waals surface area contributed by atoms with Gasteiger partial charge in [0, 0.05) is 25.4 Å². The van der Waals surface area contributed by atoms with Gasteiger partial charge in [-0.3, -0.25) is 4.79 Å². The lowest BCUT2D eigenvalue weighted by Gasteiger charge is -2.21. The number of aromatic nitrogens is 2. The van der Waals surface area contributed by atoms with Crippen molar-refractivity contribution in [1.29, 1.82) is 0 Å². The van der Waals surface area contributed by atoms with E-state index in [1.165, 1.54) is 0 Å². The van der Waals surface area contributed by atoms with Crippen molar-refractivity contribution in [2.24, 2.45) is 5.92 Å². The molecule has 0 aromatic carbocycles. The van der Waals surface area contributed by atoms with Crippen LogP contribution in [0.25, 0.3) is 0 Å². The Balaban J connectivity index is 1.86. The predicted octanol–water partition coefficient (Wildman–Crippen LogP) is 0.936. The van der Waals surface area contributed by atoms with Crippen LogP contribution in [0.2, 0.25) is 0 Å². The molecule has 0 amide bonds. The quantitative estimate of drug-likeness (QED) is 0.685. The minimum atomic E-state index is 0.288. The summed E-state index contributed by atoms with van der Waals surface area (Å²) in [5, 5.41) is 3.78. The van der Waals surface area contributed by atoms with E-state index in [9.17, 15) is 4.79 Å². The highest BCUT2D eigenvalue weighted by Crippen LogP contribution is 2.36. The van der Waals surface area contributed by atoms with Crippen molar-refractivity contribution in [3.8, 4) is 0 Å². The van der Waals surface area contributed by atoms with Crippen LogP contribution in [0.15, 0.2) is 4.52 Å². The Morgan fingerprint density at radius 2 is 2.33 bits per heavy atom. The third kappa shape index (κ3) is 1.42. The van der Waals surface area contributed by atoms with Gasteiger partial charge in [-0.05, 0) is 19.3 Å². The molecule has 1 aromatic heterocycles. The maximum absolute atomic E-state index is 11.4. The van der Waals surface area contributed by atoms with Crippen LogP contribution in [-0.2, 0) is 4.79 Å². The van der Waals surface area contributed by atoms with Crippen LogP contribution >= 0.6 is 0 Å². The number of ketones is 1. The van der Waals surface area contributed by atoms with Gasteiger partial charge in [-0.2, -0.15) is 4.98 Å². The number of hydrogen-bond donors (Lipinski definition) is 0. The fourth-order valence-corrected chi connectivity index (χ4v) is 2.66. The van der Waals surface area contributed by atoms with Gasteiger partial charge in [-0.25, -0.2) is 0 Å². The molecule has 3 rings (SSSR count). The van der Waals surface area contributed by atoms with E-state index in [-0.39, 0.29) is 6.04 Å². The molecule has 0 N–H and O–H groups in total. The third-order valence-electron chi connectivity index (χ3n) is 3.24. The van der Waals surface area contributed by atoms with E-state index in [0.29, 0.717) is 30.0 Å². The molecule has 5 heteroatoms. The number of carbonyl (C=O) groups is 1. The van der Waals surface area contributed by atoms with Gasteiger partial charge in [0.05, 0.1) is 0 Å². The SMILES string of the molecule is Cc1noc(N2CC3CC(=O)CC2C3)n1. The fraction of sp³-hybridized carbons (Fsp3) is 0.700. The molecule has 2 unspecified atom stereocenters. The molecule has 0 radical (unpaired) electrons. The summed E-state index contributed by atoms with van der Waals surface area (Å²) in [7, 11) is 0. The molecular formula is C10H13N3O2. The maximum atomic E-state index is 11.4. The number of hydrogen-bond acceptors (Lipinski definition) is 5. The summed E-state index contributed by atoms with van der Waals surface area (Å²) < 4.78 is 5.15. The number of carbonyl (C=O) groups excluding carboxylic acids is 1. The van der Waals surface area contributed by atoms with E-state index < -0.39 is 0 Å². The van der Waals surface area contributed by atoms with Crippen molar-refractivity contribution >= 4 is 11.8 Å². The van der Waals surface area contributed by atoms with Crippen LogP contribution in [0, 0.1) is 12.8 Å². The van der Waals surface area contributed by atoms with Gasteiger partial charge in [0.1, 0.15) is 5.78 Å². The summed E-state index contributed by atoms with van der Waals surface area (Å²) in [5.74, 6) is 1.51. The van der Waals surface area contributed by atoms with E-state index in [2.05, 4.69) is 15.0 Å². The van der Waals surface area contributed by atoms with Crippen LogP contribution in [0.4, 0.5) is 6.01 Å². The van der Waals surface area contributed by atoms with E-state index in [1.54, 1.807) is 6.92 Å². The van der Waals surface area contributed by atoms with Crippen LogP contribution in [0.3, 0.4) is 0 Å². The van der Waals surface area contributed by atoms with Crippen molar-refractivity contribution < 1.29 is 9.32 Å². The lowest BCUT2D eigenvalue weighted by molar-refractivity contribution is -0.121. The zero-order valence-corrected chi connectivity index (χ0v) is 8.64. The number of Topliss-reactive ketones (excluding diaryl/α,β-unsaturated/α-hetero) is 1. The number of aryl methyl sites for hydroxylation is 1. The summed E-state index contributed by atoms with van der Waals surface area (Å²) in [6.45, 7) is 2.69. The Bertz CT molecular complexity index is 401. The second kappa shape index (κ2) is 3.05. The Morgan fingerprint density at radius 3 is 3.07 bits per heavy atom. The number of nitrogens with zero attached hydrogens (tertiary/aromatic N) is 3. The summed E-state index contributed by atoms with van der Waals surface area (Å²) >= 11 is 0. The molecule has 80 valence electrons. The van der Waals surface area contributed by atoms with Crippen molar-refractivity contribution in [1.82, 2.24) is 10.1 Å². The lowest BCUT2D eigenvalue weighted by atomic mass is 9.89. The first kappa shape index (κ1) is 8.88. The molecule has 15 heavy (non-hydrogen) atoms. The van der Waals surface area contributed by atoms with E-state index in [4.69, 9.17) is 4.52 Å². The highest BCUT2D eigenvalue weighted by molar-refractivity contribution is 5.81. The molecule has 2 aliphatic rings. The summed E-state index contributed by atoms with van der Waals surface area (Å²) in [5.41, 5.74) is 0. The average molecular weight is 207 g/mol. The molecular weight excluding hydrogens is 194 g/mol. The first-order chi connectivity index (χ1) is 7.22. The maximum Gasteiger partial charge on any atom is 0.324 e. The molecule has 1 aromatic rings. The molecule has 0 spiro atoms. The van der Waals surface area contributed by atoms with Gasteiger partial charge in [0.2, 0.25) is 0 Å². The van der Waals surface area contributed by atoms with Gasteiger partial charge in [-0.1, -0.05) is 5.16 Å². The highest BCUT2D eigenvalue weighted by Gasteiger charge is 2.40. The molecule has 1 aliphatic carbocycles. The number of anilines is 1. The Morgan fingerprint density at radius 1 is 1.47 bits per heavy atom. The molecule has 5 nitrogen and oxygen atoms in total. The Labute approximate surface area is 87.4 Å². The monoisotopic (exact) mass is 207 g/mol. The van der Waals surface area contributed by atoms with Crippen LogP contribution in [-0.4, -0.2) is 28.5 Å². The zero-order chi connectivity index (χ0) is 10.4. The van der Waals surface area contributed by atoms with Crippen LogP contribution in [0.5, 0.6) is 0 Å². The van der Waals surface area contributed by atoms with Crippen LogP contribution in [0.1, 0.15) is 25.1 Å². The summed E-state index contributed by atoms with van der Waals surface area (Å²) in [6.07, 6.45) is 2.45. The minimum absolute atomic E-state index is 0.288. The van der Waals surface area contributed by atoms with Gasteiger partial charge < -0.3 is 9.42 Å². The standard InChI is InChI=1S/C10H13N3O2/c1-6-11-10(15-12-6)13-5-7-2-8(13)4-9(14)3-7/h7-8H,2-5H2,1H3. The largest absolute Gasteiger partial charge is 0.324 e. The molecule has 1 saturated carbocycles. The van der Waals surface area contributed by atoms with Crippen molar-refractivity contribution in [2.45, 2.75) is 32.2 Å². The zero-order valence-electron chi connectivity index (χ0n) is 8.64. The highest BCUT2D eigenvalue weighted by atomic mass is 16.5. The Hall–Kier alpha value is -1.39. The second-order valence-corrected chi connectivity index (χ2v) is 4.48. The van der Waals surface area contributed by atoms with Crippen molar-refractivity contribution in [2.75, 3.05) is 11.4 Å². The van der Waals surface area contributed by atoms with E-state index in [1.807, 2.05) is 0 Å². The average Bonchev–Trinajstić information content (AvgIpc) is 2.70. The molecule has 2 atom stereocenters.